The quantitative estimate of drug-likeness (QED) is 0.292. The summed E-state index contributed by atoms with van der Waals surface area (Å²) in [5.74, 6) is -1.09. The Hall–Kier alpha value is -4.39. The fourth-order valence-corrected chi connectivity index (χ4v) is 4.59. The third-order valence-electron chi connectivity index (χ3n) is 4.98. The molecule has 0 fully saturated rings. The first-order valence-electron chi connectivity index (χ1n) is 9.89. The van der Waals surface area contributed by atoms with Gasteiger partial charge in [-0.3, -0.25) is 29.6 Å². The van der Waals surface area contributed by atoms with Crippen LogP contribution in [0, 0.1) is 20.2 Å². The molecule has 1 aliphatic heterocycles. The molecule has 0 aliphatic carbocycles. The zero-order valence-corrected chi connectivity index (χ0v) is 18.6. The van der Waals surface area contributed by atoms with E-state index in [9.17, 15) is 29.8 Å². The third kappa shape index (κ3) is 4.03. The molecule has 1 aliphatic rings. The molecule has 1 aromatic carbocycles. The summed E-state index contributed by atoms with van der Waals surface area (Å²) >= 11 is 0.992. The molecule has 1 unspecified atom stereocenters. The number of non-ortho nitro benzene ring substituents is 1. The van der Waals surface area contributed by atoms with Crippen LogP contribution < -0.4 is 14.9 Å². The maximum atomic E-state index is 13.4. The fraction of sp³-hybridized carbons (Fsp3) is 0.190. The van der Waals surface area contributed by atoms with Crippen molar-refractivity contribution in [3.8, 4) is 0 Å². The highest BCUT2D eigenvalue weighted by Crippen LogP contribution is 2.32. The summed E-state index contributed by atoms with van der Waals surface area (Å²) in [5, 5.41) is 22.2. The number of thiazole rings is 1. The number of furan rings is 1. The van der Waals surface area contributed by atoms with Crippen molar-refractivity contribution in [2.45, 2.75) is 19.9 Å². The van der Waals surface area contributed by atoms with Gasteiger partial charge in [0, 0.05) is 18.2 Å². The van der Waals surface area contributed by atoms with Crippen molar-refractivity contribution in [2.75, 3.05) is 6.61 Å². The number of carbonyl (C=O) groups is 1. The van der Waals surface area contributed by atoms with Crippen LogP contribution in [0.15, 0.2) is 61.9 Å². The van der Waals surface area contributed by atoms with Crippen molar-refractivity contribution in [1.82, 2.24) is 4.57 Å². The van der Waals surface area contributed by atoms with E-state index in [1.807, 2.05) is 0 Å². The Labute approximate surface area is 194 Å². The number of esters is 1. The first-order chi connectivity index (χ1) is 16.2. The second-order valence-corrected chi connectivity index (χ2v) is 8.10. The summed E-state index contributed by atoms with van der Waals surface area (Å²) in [6, 6.07) is 7.11. The number of benzene rings is 1. The second kappa shape index (κ2) is 8.86. The summed E-state index contributed by atoms with van der Waals surface area (Å²) in [6.07, 6.45) is 1.34. The standard InChI is InChI=1S/C21H16N4O8S/c1-3-32-20(27)17-11(2)22-21-23(18(17)12-5-4-6-13(9-12)24(28)29)19(26)15(34-21)10-14-7-8-16(33-14)25(30)31/h4-10,18H,3H2,1-2H3/b15-10-. The molecule has 2 aromatic heterocycles. The number of ether oxygens (including phenoxy) is 1. The summed E-state index contributed by atoms with van der Waals surface area (Å²) in [4.78, 5) is 51.8. The molecule has 0 radical (unpaired) electrons. The molecule has 174 valence electrons. The highest BCUT2D eigenvalue weighted by molar-refractivity contribution is 7.07. The molecule has 12 nitrogen and oxygen atoms in total. The number of carbonyl (C=O) groups excluding carboxylic acids is 1. The Bertz CT molecular complexity index is 1540. The van der Waals surface area contributed by atoms with Crippen molar-refractivity contribution >= 4 is 35.0 Å². The Morgan fingerprint density at radius 1 is 1.26 bits per heavy atom. The van der Waals surface area contributed by atoms with E-state index in [0.717, 1.165) is 17.4 Å². The van der Waals surface area contributed by atoms with Gasteiger partial charge in [-0.05, 0) is 25.5 Å². The van der Waals surface area contributed by atoms with Gasteiger partial charge in [-0.25, -0.2) is 9.79 Å². The van der Waals surface area contributed by atoms with Gasteiger partial charge in [0.05, 0.1) is 39.4 Å². The predicted octanol–water partition coefficient (Wildman–Crippen LogP) is 2.21. The van der Waals surface area contributed by atoms with Gasteiger partial charge in [-0.2, -0.15) is 0 Å². The summed E-state index contributed by atoms with van der Waals surface area (Å²) in [6.45, 7) is 3.30. The molecule has 34 heavy (non-hydrogen) atoms. The number of nitro benzene ring substituents is 1. The Morgan fingerprint density at radius 3 is 2.68 bits per heavy atom. The SMILES string of the molecule is CCOC(=O)C1=C(C)N=c2s/c(=C\c3ccc([N+](=O)[O-])o3)c(=O)n2C1c1cccc([N+](=O)[O-])c1. The van der Waals surface area contributed by atoms with Gasteiger partial charge < -0.3 is 9.15 Å². The number of aromatic nitrogens is 1. The smallest absolute Gasteiger partial charge is 0.433 e. The summed E-state index contributed by atoms with van der Waals surface area (Å²) < 4.78 is 11.7. The lowest BCUT2D eigenvalue weighted by Crippen LogP contribution is -2.39. The van der Waals surface area contributed by atoms with Crippen molar-refractivity contribution in [2.24, 2.45) is 4.99 Å². The molecule has 0 amide bonds. The minimum Gasteiger partial charge on any atom is -0.463 e. The van der Waals surface area contributed by atoms with E-state index in [1.165, 1.54) is 34.9 Å². The first kappa shape index (κ1) is 22.8. The lowest BCUT2D eigenvalue weighted by atomic mass is 9.95. The normalized spacial score (nSPS) is 15.6. The predicted molar refractivity (Wildman–Crippen MR) is 119 cm³/mol. The van der Waals surface area contributed by atoms with Crippen LogP contribution in [0.3, 0.4) is 0 Å². The zero-order chi connectivity index (χ0) is 24.6. The van der Waals surface area contributed by atoms with Crippen molar-refractivity contribution < 1.29 is 23.8 Å². The summed E-state index contributed by atoms with van der Waals surface area (Å²) in [5.41, 5.74) is -0.0480. The molecule has 0 N–H and O–H groups in total. The average molecular weight is 484 g/mol. The van der Waals surface area contributed by atoms with E-state index >= 15 is 0 Å². The van der Waals surface area contributed by atoms with Gasteiger partial charge in [-0.1, -0.05) is 23.5 Å². The van der Waals surface area contributed by atoms with Gasteiger partial charge in [0.25, 0.3) is 11.2 Å². The maximum absolute atomic E-state index is 13.4. The molecule has 0 bridgehead atoms. The van der Waals surface area contributed by atoms with Gasteiger partial charge in [-0.15, -0.1) is 0 Å². The molecule has 0 saturated heterocycles. The van der Waals surface area contributed by atoms with E-state index in [2.05, 4.69) is 4.99 Å². The van der Waals surface area contributed by atoms with Crippen molar-refractivity contribution in [1.29, 1.82) is 0 Å². The number of rotatable bonds is 6. The third-order valence-corrected chi connectivity index (χ3v) is 5.96. The molecule has 0 saturated carbocycles. The highest BCUT2D eigenvalue weighted by Gasteiger charge is 2.34. The number of nitro groups is 2. The van der Waals surface area contributed by atoms with Crippen LogP contribution in [-0.2, 0) is 9.53 Å². The molecule has 1 atom stereocenters. The van der Waals surface area contributed by atoms with E-state index in [1.54, 1.807) is 19.9 Å². The van der Waals surface area contributed by atoms with Crippen LogP contribution in [0.5, 0.6) is 0 Å². The maximum Gasteiger partial charge on any atom is 0.433 e. The lowest BCUT2D eigenvalue weighted by molar-refractivity contribution is -0.402. The summed E-state index contributed by atoms with van der Waals surface area (Å²) in [7, 11) is 0. The van der Waals surface area contributed by atoms with Crippen LogP contribution in [-0.4, -0.2) is 27.0 Å². The Kier molecular flexibility index (Phi) is 5.94. The van der Waals surface area contributed by atoms with Crippen molar-refractivity contribution in [3.63, 3.8) is 0 Å². The molecule has 4 rings (SSSR count). The van der Waals surface area contributed by atoms with Crippen LogP contribution in [0.2, 0.25) is 0 Å². The van der Waals surface area contributed by atoms with Crippen molar-refractivity contribution in [3.05, 3.63) is 98.9 Å². The van der Waals surface area contributed by atoms with Gasteiger partial charge >= 0.3 is 11.9 Å². The number of allylic oxidation sites excluding steroid dienone is 1. The molecule has 3 heterocycles. The Morgan fingerprint density at radius 2 is 2.03 bits per heavy atom. The minimum absolute atomic E-state index is 0.0786. The number of hydrogen-bond donors (Lipinski definition) is 0. The number of nitrogens with zero attached hydrogens (tertiary/aromatic N) is 4. The van der Waals surface area contributed by atoms with E-state index in [4.69, 9.17) is 9.15 Å². The van der Waals surface area contributed by atoms with Crippen LogP contribution >= 0.6 is 11.3 Å². The number of fused-ring (bicyclic) bond motifs is 1. The Balaban J connectivity index is 1.95. The van der Waals surface area contributed by atoms with Crippen LogP contribution in [0.4, 0.5) is 11.6 Å². The molecular weight excluding hydrogens is 468 g/mol. The van der Waals surface area contributed by atoms with Gasteiger partial charge in [0.15, 0.2) is 4.80 Å². The topological polar surface area (TPSA) is 160 Å². The van der Waals surface area contributed by atoms with E-state index in [0.29, 0.717) is 11.3 Å². The number of hydrogen-bond acceptors (Lipinski definition) is 10. The zero-order valence-electron chi connectivity index (χ0n) is 17.8. The van der Waals surface area contributed by atoms with E-state index in [-0.39, 0.29) is 33.0 Å². The minimum atomic E-state index is -1.02. The molecular formula is C21H16N4O8S. The molecule has 3 aromatic rings. The molecule has 0 spiro atoms. The first-order valence-corrected chi connectivity index (χ1v) is 10.7. The lowest BCUT2D eigenvalue weighted by Gasteiger charge is -2.24. The van der Waals surface area contributed by atoms with Gasteiger partial charge in [0.2, 0.25) is 0 Å². The van der Waals surface area contributed by atoms with Crippen LogP contribution in [0.1, 0.15) is 31.2 Å². The second-order valence-electron chi connectivity index (χ2n) is 7.09. The average Bonchev–Trinajstić information content (AvgIpc) is 3.38. The molecule has 13 heteroatoms. The monoisotopic (exact) mass is 484 g/mol. The van der Waals surface area contributed by atoms with E-state index < -0.39 is 33.3 Å². The largest absolute Gasteiger partial charge is 0.463 e. The highest BCUT2D eigenvalue weighted by atomic mass is 32.1. The fourth-order valence-electron chi connectivity index (χ4n) is 3.56. The van der Waals surface area contributed by atoms with Crippen LogP contribution in [0.25, 0.3) is 6.08 Å². The van der Waals surface area contributed by atoms with Gasteiger partial charge in [0.1, 0.15) is 10.7 Å².